The number of nitrogens with zero attached hydrogens (tertiary/aromatic N) is 1. The number of ether oxygens (including phenoxy) is 3. The van der Waals surface area contributed by atoms with Gasteiger partial charge in [-0.05, 0) is 72.0 Å². The van der Waals surface area contributed by atoms with Crippen LogP contribution in [0.25, 0.3) is 0 Å². The molecule has 0 saturated heterocycles. The normalized spacial score (nSPS) is 11.0. The van der Waals surface area contributed by atoms with Crippen LogP contribution in [0.2, 0.25) is 5.02 Å². The Kier molecular flexibility index (Phi) is 9.35. The number of carbonyl (C=O) groups excluding carboxylic acids is 1. The Balaban J connectivity index is 1.52. The van der Waals surface area contributed by atoms with Gasteiger partial charge in [-0.3, -0.25) is 4.79 Å². The highest BCUT2D eigenvalue weighted by atomic mass is 35.5. The second-order valence-electron chi connectivity index (χ2n) is 7.86. The van der Waals surface area contributed by atoms with E-state index in [0.29, 0.717) is 41.4 Å². The minimum Gasteiger partial charge on any atom is -0.490 e. The molecule has 3 rings (SSSR count). The van der Waals surface area contributed by atoms with Crippen LogP contribution in [0.3, 0.4) is 0 Å². The van der Waals surface area contributed by atoms with Gasteiger partial charge in [-0.25, -0.2) is 5.43 Å². The lowest BCUT2D eigenvalue weighted by molar-refractivity contribution is -0.123. The zero-order chi connectivity index (χ0) is 24.3. The molecular formula is C27H29ClN2O4. The predicted octanol–water partition coefficient (Wildman–Crippen LogP) is 5.97. The fraction of sp³-hybridized carbons (Fsp3) is 0.259. The van der Waals surface area contributed by atoms with E-state index in [1.807, 2.05) is 73.7 Å². The van der Waals surface area contributed by atoms with Gasteiger partial charge in [-0.15, -0.1) is 0 Å². The number of hydrogen-bond acceptors (Lipinski definition) is 5. The Hall–Kier alpha value is -3.51. The summed E-state index contributed by atoms with van der Waals surface area (Å²) in [5, 5.41) is 4.69. The average molecular weight is 481 g/mol. The maximum Gasteiger partial charge on any atom is 0.277 e. The van der Waals surface area contributed by atoms with Gasteiger partial charge in [0.1, 0.15) is 12.4 Å². The van der Waals surface area contributed by atoms with Crippen LogP contribution in [0.15, 0.2) is 71.8 Å². The van der Waals surface area contributed by atoms with Gasteiger partial charge in [-0.1, -0.05) is 49.7 Å². The molecule has 0 aliphatic carbocycles. The van der Waals surface area contributed by atoms with Gasteiger partial charge in [-0.2, -0.15) is 5.10 Å². The van der Waals surface area contributed by atoms with Crippen molar-refractivity contribution < 1.29 is 19.0 Å². The number of rotatable bonds is 11. The molecule has 3 aromatic rings. The van der Waals surface area contributed by atoms with Crippen LogP contribution < -0.4 is 19.6 Å². The van der Waals surface area contributed by atoms with Crippen LogP contribution in [0.4, 0.5) is 0 Å². The van der Waals surface area contributed by atoms with E-state index < -0.39 is 0 Å². The Morgan fingerprint density at radius 3 is 2.38 bits per heavy atom. The second-order valence-corrected chi connectivity index (χ2v) is 8.30. The zero-order valence-electron chi connectivity index (χ0n) is 19.6. The summed E-state index contributed by atoms with van der Waals surface area (Å²) in [6.07, 6.45) is 1.54. The van der Waals surface area contributed by atoms with Crippen molar-refractivity contribution in [2.24, 2.45) is 5.10 Å². The highest BCUT2D eigenvalue weighted by Gasteiger charge is 2.07. The topological polar surface area (TPSA) is 69.2 Å². The number of carbonyl (C=O) groups is 1. The number of amides is 1. The summed E-state index contributed by atoms with van der Waals surface area (Å²) in [5.41, 5.74) is 5.44. The Bertz CT molecular complexity index is 1100. The SMILES string of the molecule is CCOc1cc(/C=N\NC(=O)COc2ccc(C(C)C)cc2)ccc1OCc1ccc(Cl)cc1. The molecule has 0 aromatic heterocycles. The summed E-state index contributed by atoms with van der Waals surface area (Å²) in [6.45, 7) is 6.91. The number of nitrogens with one attached hydrogen (secondary N) is 1. The van der Waals surface area contributed by atoms with E-state index in [1.54, 1.807) is 6.21 Å². The third kappa shape index (κ3) is 7.81. The van der Waals surface area contributed by atoms with Crippen molar-refractivity contribution in [2.75, 3.05) is 13.2 Å². The molecule has 0 heterocycles. The molecule has 1 N–H and O–H groups in total. The maximum absolute atomic E-state index is 12.0. The van der Waals surface area contributed by atoms with E-state index in [0.717, 1.165) is 11.1 Å². The number of benzene rings is 3. The van der Waals surface area contributed by atoms with Crippen molar-refractivity contribution in [1.82, 2.24) is 5.43 Å². The summed E-state index contributed by atoms with van der Waals surface area (Å²) in [5.74, 6) is 1.95. The number of hydrogen-bond donors (Lipinski definition) is 1. The van der Waals surface area contributed by atoms with Crippen molar-refractivity contribution in [1.29, 1.82) is 0 Å². The van der Waals surface area contributed by atoms with Crippen LogP contribution in [-0.2, 0) is 11.4 Å². The zero-order valence-corrected chi connectivity index (χ0v) is 20.3. The number of halogens is 1. The van der Waals surface area contributed by atoms with Gasteiger partial charge in [0.05, 0.1) is 12.8 Å². The molecule has 3 aromatic carbocycles. The molecular weight excluding hydrogens is 452 g/mol. The molecule has 7 heteroatoms. The van der Waals surface area contributed by atoms with Crippen molar-refractivity contribution >= 4 is 23.7 Å². The van der Waals surface area contributed by atoms with E-state index in [9.17, 15) is 4.79 Å². The van der Waals surface area contributed by atoms with Gasteiger partial charge in [0.2, 0.25) is 0 Å². The lowest BCUT2D eigenvalue weighted by Gasteiger charge is -2.12. The van der Waals surface area contributed by atoms with Crippen LogP contribution in [0.5, 0.6) is 17.2 Å². The molecule has 34 heavy (non-hydrogen) atoms. The first-order chi connectivity index (χ1) is 16.4. The summed E-state index contributed by atoms with van der Waals surface area (Å²) in [6, 6.07) is 20.6. The Labute approximate surface area is 205 Å². The smallest absolute Gasteiger partial charge is 0.277 e. The van der Waals surface area contributed by atoms with E-state index >= 15 is 0 Å². The highest BCUT2D eigenvalue weighted by Crippen LogP contribution is 2.29. The van der Waals surface area contributed by atoms with E-state index in [4.69, 9.17) is 25.8 Å². The molecule has 0 saturated carbocycles. The third-order valence-corrected chi connectivity index (χ3v) is 5.15. The fourth-order valence-corrected chi connectivity index (χ4v) is 3.17. The van der Waals surface area contributed by atoms with E-state index in [1.165, 1.54) is 5.56 Å². The lowest BCUT2D eigenvalue weighted by Crippen LogP contribution is -2.24. The Morgan fingerprint density at radius 1 is 0.971 bits per heavy atom. The summed E-state index contributed by atoms with van der Waals surface area (Å²) in [4.78, 5) is 12.0. The Morgan fingerprint density at radius 2 is 1.71 bits per heavy atom. The molecule has 0 unspecified atom stereocenters. The highest BCUT2D eigenvalue weighted by molar-refractivity contribution is 6.30. The van der Waals surface area contributed by atoms with Gasteiger partial charge >= 0.3 is 0 Å². The molecule has 0 aliphatic rings. The molecule has 1 amide bonds. The molecule has 178 valence electrons. The van der Waals surface area contributed by atoms with Gasteiger partial charge in [0.25, 0.3) is 5.91 Å². The van der Waals surface area contributed by atoms with Crippen LogP contribution in [0.1, 0.15) is 43.4 Å². The van der Waals surface area contributed by atoms with Crippen molar-refractivity contribution in [3.63, 3.8) is 0 Å². The fourth-order valence-electron chi connectivity index (χ4n) is 3.04. The molecule has 0 radical (unpaired) electrons. The van der Waals surface area contributed by atoms with Gasteiger partial charge in [0.15, 0.2) is 18.1 Å². The third-order valence-electron chi connectivity index (χ3n) is 4.89. The molecule has 0 fully saturated rings. The molecule has 6 nitrogen and oxygen atoms in total. The summed E-state index contributed by atoms with van der Waals surface area (Å²) >= 11 is 5.93. The standard InChI is InChI=1S/C27H29ClN2O4/c1-4-32-26-15-21(7-14-25(26)34-17-20-5-10-23(28)11-6-20)16-29-30-27(31)18-33-24-12-8-22(9-13-24)19(2)3/h5-16,19H,4,17-18H2,1-3H3,(H,30,31)/b29-16-. The predicted molar refractivity (Wildman–Crippen MR) is 135 cm³/mol. The average Bonchev–Trinajstić information content (AvgIpc) is 2.84. The van der Waals surface area contributed by atoms with E-state index in [-0.39, 0.29) is 12.5 Å². The van der Waals surface area contributed by atoms with Crippen molar-refractivity contribution in [3.05, 3.63) is 88.4 Å². The molecule has 0 bridgehead atoms. The van der Waals surface area contributed by atoms with Crippen LogP contribution >= 0.6 is 11.6 Å². The summed E-state index contributed by atoms with van der Waals surface area (Å²) < 4.78 is 17.1. The van der Waals surface area contributed by atoms with Gasteiger partial charge < -0.3 is 14.2 Å². The molecule has 0 atom stereocenters. The van der Waals surface area contributed by atoms with Crippen LogP contribution in [0, 0.1) is 0 Å². The van der Waals surface area contributed by atoms with Gasteiger partial charge in [0, 0.05) is 5.02 Å². The van der Waals surface area contributed by atoms with E-state index in [2.05, 4.69) is 24.4 Å². The minimum absolute atomic E-state index is 0.125. The minimum atomic E-state index is -0.350. The quantitative estimate of drug-likeness (QED) is 0.271. The first-order valence-corrected chi connectivity index (χ1v) is 11.5. The largest absolute Gasteiger partial charge is 0.490 e. The lowest BCUT2D eigenvalue weighted by atomic mass is 10.0. The first kappa shape index (κ1) is 25.1. The second kappa shape index (κ2) is 12.7. The monoisotopic (exact) mass is 480 g/mol. The first-order valence-electron chi connectivity index (χ1n) is 11.1. The van der Waals surface area contributed by atoms with Crippen molar-refractivity contribution in [3.8, 4) is 17.2 Å². The van der Waals surface area contributed by atoms with Crippen molar-refractivity contribution in [2.45, 2.75) is 33.3 Å². The maximum atomic E-state index is 12.0. The number of hydrazone groups is 1. The van der Waals surface area contributed by atoms with Crippen LogP contribution in [-0.4, -0.2) is 25.3 Å². The summed E-state index contributed by atoms with van der Waals surface area (Å²) in [7, 11) is 0. The molecule has 0 aliphatic heterocycles. The molecule has 0 spiro atoms.